The van der Waals surface area contributed by atoms with E-state index in [1.54, 1.807) is 0 Å². The molecule has 1 aromatic rings. The van der Waals surface area contributed by atoms with Crippen molar-refractivity contribution in [2.24, 2.45) is 5.92 Å². The Hall–Kier alpha value is -1.64. The molecule has 25 heavy (non-hydrogen) atoms. The van der Waals surface area contributed by atoms with E-state index in [9.17, 15) is 18.0 Å². The molecule has 2 N–H and O–H groups in total. The summed E-state index contributed by atoms with van der Waals surface area (Å²) in [7, 11) is -2.31. The van der Waals surface area contributed by atoms with Crippen molar-refractivity contribution in [1.29, 1.82) is 0 Å². The second kappa shape index (κ2) is 9.17. The summed E-state index contributed by atoms with van der Waals surface area (Å²) in [6.45, 7) is 1.90. The van der Waals surface area contributed by atoms with Crippen LogP contribution in [0.25, 0.3) is 0 Å². The van der Waals surface area contributed by atoms with Gasteiger partial charge < -0.3 is 15.4 Å². The Morgan fingerprint density at radius 3 is 2.60 bits per heavy atom. The molecule has 0 aliphatic carbocycles. The molecule has 2 rings (SSSR count). The van der Waals surface area contributed by atoms with E-state index in [0.717, 1.165) is 32.2 Å². The Morgan fingerprint density at radius 2 is 2.04 bits per heavy atom. The van der Waals surface area contributed by atoms with Crippen molar-refractivity contribution in [3.05, 3.63) is 23.8 Å². The molecule has 1 saturated heterocycles. The molecule has 1 unspecified atom stereocenters. The lowest BCUT2D eigenvalue weighted by atomic mass is 10.0. The number of benzene rings is 1. The van der Waals surface area contributed by atoms with E-state index < -0.39 is 15.8 Å². The van der Waals surface area contributed by atoms with Crippen LogP contribution in [0.2, 0.25) is 0 Å². The number of hydrogen-bond donors (Lipinski definition) is 2. The van der Waals surface area contributed by atoms with Crippen molar-refractivity contribution >= 4 is 39.8 Å². The lowest BCUT2D eigenvalue weighted by Gasteiger charge is -2.11. The topological polar surface area (TPSA) is 102 Å². The molecule has 1 fully saturated rings. The standard InChI is InChI=1S/C16H22N2O5S.ClH/c1-23-16(20)12-7-13(9-14(8-12)24(2,21)22)18-15(19)4-3-11-5-6-17-10-11;/h7-9,11,17H,3-6,10H2,1-2H3,(H,18,19);1H. The molecule has 0 radical (unpaired) electrons. The van der Waals surface area contributed by atoms with Crippen molar-refractivity contribution in [3.8, 4) is 0 Å². The summed E-state index contributed by atoms with van der Waals surface area (Å²) < 4.78 is 28.1. The largest absolute Gasteiger partial charge is 0.465 e. The van der Waals surface area contributed by atoms with Crippen LogP contribution in [0.15, 0.2) is 23.1 Å². The van der Waals surface area contributed by atoms with Crippen LogP contribution in [0, 0.1) is 5.92 Å². The third-order valence-electron chi connectivity index (χ3n) is 3.98. The highest BCUT2D eigenvalue weighted by molar-refractivity contribution is 7.90. The molecule has 7 nitrogen and oxygen atoms in total. The number of hydrogen-bond acceptors (Lipinski definition) is 6. The number of methoxy groups -OCH3 is 1. The molecule has 1 aliphatic heterocycles. The van der Waals surface area contributed by atoms with Crippen LogP contribution in [-0.2, 0) is 19.4 Å². The van der Waals surface area contributed by atoms with Crippen LogP contribution >= 0.6 is 12.4 Å². The van der Waals surface area contributed by atoms with Gasteiger partial charge in [0.25, 0.3) is 0 Å². The minimum atomic E-state index is -3.52. The highest BCUT2D eigenvalue weighted by atomic mass is 35.5. The summed E-state index contributed by atoms with van der Waals surface area (Å²) in [6.07, 6.45) is 3.23. The lowest BCUT2D eigenvalue weighted by molar-refractivity contribution is -0.116. The Labute approximate surface area is 153 Å². The van der Waals surface area contributed by atoms with E-state index in [-0.39, 0.29) is 34.5 Å². The van der Waals surface area contributed by atoms with Crippen LogP contribution in [0.1, 0.15) is 29.6 Å². The third-order valence-corrected chi connectivity index (χ3v) is 5.07. The number of esters is 1. The zero-order valence-corrected chi connectivity index (χ0v) is 15.8. The Bertz CT molecular complexity index is 730. The second-order valence-electron chi connectivity index (χ2n) is 5.96. The van der Waals surface area contributed by atoms with Gasteiger partial charge in [0.05, 0.1) is 17.6 Å². The van der Waals surface area contributed by atoms with Gasteiger partial charge in [-0.1, -0.05) is 0 Å². The third kappa shape index (κ3) is 6.30. The summed E-state index contributed by atoms with van der Waals surface area (Å²) in [5.41, 5.74) is 0.351. The molecule has 1 heterocycles. The Kier molecular flexibility index (Phi) is 7.85. The molecule has 1 amide bonds. The number of ether oxygens (including phenoxy) is 1. The fraction of sp³-hybridized carbons (Fsp3) is 0.500. The van der Waals surface area contributed by atoms with Gasteiger partial charge in [0, 0.05) is 18.4 Å². The van der Waals surface area contributed by atoms with E-state index in [1.807, 2.05) is 0 Å². The maximum absolute atomic E-state index is 12.1. The van der Waals surface area contributed by atoms with Gasteiger partial charge in [-0.3, -0.25) is 4.79 Å². The normalized spacial score (nSPS) is 16.8. The number of sulfone groups is 1. The quantitative estimate of drug-likeness (QED) is 0.716. The minimum Gasteiger partial charge on any atom is -0.465 e. The molecule has 9 heteroatoms. The summed E-state index contributed by atoms with van der Waals surface area (Å²) in [6, 6.07) is 3.99. The predicted molar refractivity (Wildman–Crippen MR) is 97.0 cm³/mol. The first-order valence-corrected chi connectivity index (χ1v) is 9.63. The van der Waals surface area contributed by atoms with Crippen molar-refractivity contribution in [2.45, 2.75) is 24.2 Å². The summed E-state index contributed by atoms with van der Waals surface area (Å²) in [4.78, 5) is 23.7. The van der Waals surface area contributed by atoms with Crippen LogP contribution in [0.4, 0.5) is 5.69 Å². The lowest BCUT2D eigenvalue weighted by Crippen LogP contribution is -2.16. The monoisotopic (exact) mass is 390 g/mol. The van der Waals surface area contributed by atoms with Crippen LogP contribution in [0.3, 0.4) is 0 Å². The van der Waals surface area contributed by atoms with Crippen LogP contribution in [0.5, 0.6) is 0 Å². The van der Waals surface area contributed by atoms with Crippen molar-refractivity contribution in [3.63, 3.8) is 0 Å². The highest BCUT2D eigenvalue weighted by Crippen LogP contribution is 2.21. The first kappa shape index (κ1) is 21.4. The second-order valence-corrected chi connectivity index (χ2v) is 7.97. The van der Waals surface area contributed by atoms with Gasteiger partial charge in [0.2, 0.25) is 5.91 Å². The average Bonchev–Trinajstić information content (AvgIpc) is 3.04. The van der Waals surface area contributed by atoms with Crippen molar-refractivity contribution in [1.82, 2.24) is 5.32 Å². The molecule has 140 valence electrons. The van der Waals surface area contributed by atoms with E-state index in [2.05, 4.69) is 15.4 Å². The van der Waals surface area contributed by atoms with Gasteiger partial charge >= 0.3 is 5.97 Å². The zero-order chi connectivity index (χ0) is 17.7. The van der Waals surface area contributed by atoms with E-state index in [0.29, 0.717) is 12.3 Å². The molecule has 0 saturated carbocycles. The Balaban J connectivity index is 0.00000312. The fourth-order valence-electron chi connectivity index (χ4n) is 2.64. The number of rotatable bonds is 6. The van der Waals surface area contributed by atoms with Gasteiger partial charge in [-0.15, -0.1) is 12.4 Å². The number of amides is 1. The van der Waals surface area contributed by atoms with Crippen LogP contribution < -0.4 is 10.6 Å². The van der Waals surface area contributed by atoms with Crippen molar-refractivity contribution < 1.29 is 22.7 Å². The Morgan fingerprint density at radius 1 is 1.32 bits per heavy atom. The van der Waals surface area contributed by atoms with Crippen LogP contribution in [-0.4, -0.2) is 46.7 Å². The molecule has 1 aromatic carbocycles. The molecule has 0 bridgehead atoms. The number of anilines is 1. The fourth-order valence-corrected chi connectivity index (χ4v) is 3.32. The van der Waals surface area contributed by atoms with E-state index in [4.69, 9.17) is 0 Å². The smallest absolute Gasteiger partial charge is 0.337 e. The molecule has 1 aliphatic rings. The number of halogens is 1. The van der Waals surface area contributed by atoms with Crippen molar-refractivity contribution in [2.75, 3.05) is 31.8 Å². The number of carbonyl (C=O) groups is 2. The van der Waals surface area contributed by atoms with E-state index in [1.165, 1.54) is 25.3 Å². The van der Waals surface area contributed by atoms with Gasteiger partial charge in [0.15, 0.2) is 9.84 Å². The molecular formula is C16H23ClN2O5S. The first-order valence-electron chi connectivity index (χ1n) is 7.73. The number of carbonyl (C=O) groups excluding carboxylic acids is 2. The average molecular weight is 391 g/mol. The number of nitrogens with one attached hydrogen (secondary N) is 2. The van der Waals surface area contributed by atoms with Gasteiger partial charge in [-0.25, -0.2) is 13.2 Å². The predicted octanol–water partition coefficient (Wildman–Crippen LogP) is 1.63. The molecular weight excluding hydrogens is 368 g/mol. The van der Waals surface area contributed by atoms with Gasteiger partial charge in [-0.2, -0.15) is 0 Å². The summed E-state index contributed by atoms with van der Waals surface area (Å²) >= 11 is 0. The minimum absolute atomic E-state index is 0. The molecule has 0 aromatic heterocycles. The van der Waals surface area contributed by atoms with Gasteiger partial charge in [0.1, 0.15) is 0 Å². The maximum Gasteiger partial charge on any atom is 0.337 e. The SMILES string of the molecule is COC(=O)c1cc(NC(=O)CCC2CCNC2)cc(S(C)(=O)=O)c1.Cl. The molecule has 0 spiro atoms. The highest BCUT2D eigenvalue weighted by Gasteiger charge is 2.18. The first-order chi connectivity index (χ1) is 11.3. The zero-order valence-electron chi connectivity index (χ0n) is 14.2. The molecule has 1 atom stereocenters. The summed E-state index contributed by atoms with van der Waals surface area (Å²) in [5, 5.41) is 5.91. The van der Waals surface area contributed by atoms with Gasteiger partial charge in [-0.05, 0) is 50.0 Å². The summed E-state index contributed by atoms with van der Waals surface area (Å²) in [5.74, 6) is -0.375. The maximum atomic E-state index is 12.1. The van der Waals surface area contributed by atoms with E-state index >= 15 is 0 Å².